The summed E-state index contributed by atoms with van der Waals surface area (Å²) in [4.78, 5) is 10.5. The molecule has 0 unspecified atom stereocenters. The maximum absolute atomic E-state index is 10.9. The van der Waals surface area contributed by atoms with Gasteiger partial charge in [0.2, 0.25) is 0 Å². The molecule has 1 radical (unpaired) electrons. The van der Waals surface area contributed by atoms with E-state index in [4.69, 9.17) is 9.47 Å². The maximum Gasteiger partial charge on any atom is 0.275 e. The summed E-state index contributed by atoms with van der Waals surface area (Å²) in [5, 5.41) is 10.9. The summed E-state index contributed by atoms with van der Waals surface area (Å²) in [6.45, 7) is 7.35. The van der Waals surface area contributed by atoms with Gasteiger partial charge < -0.3 is 9.47 Å². The highest BCUT2D eigenvalue weighted by atomic mass is 16.7. The minimum Gasteiger partial charge on any atom is -0.344 e. The van der Waals surface area contributed by atoms with Gasteiger partial charge in [0.05, 0.1) is 16.6 Å². The summed E-state index contributed by atoms with van der Waals surface area (Å²) < 4.78 is 11.1. The maximum atomic E-state index is 10.9. The first-order valence-electron chi connectivity index (χ1n) is 5.33. The third-order valence-corrected chi connectivity index (χ3v) is 2.62. The third kappa shape index (κ3) is 2.30. The van der Waals surface area contributed by atoms with Crippen LogP contribution in [0.4, 0.5) is 5.69 Å². The predicted octanol–water partition coefficient (Wildman–Crippen LogP) is 2.62. The highest BCUT2D eigenvalue weighted by Crippen LogP contribution is 2.40. The minimum atomic E-state index is -0.763. The second kappa shape index (κ2) is 4.09. The zero-order chi connectivity index (χ0) is 12.6. The van der Waals surface area contributed by atoms with Crippen molar-refractivity contribution in [2.45, 2.75) is 31.8 Å². The number of hydrogen-bond donors (Lipinski definition) is 0. The normalized spacial score (nSPS) is 27.0. The molecule has 1 aliphatic rings. The first kappa shape index (κ1) is 12.0. The predicted molar refractivity (Wildman–Crippen MR) is 61.2 cm³/mol. The van der Waals surface area contributed by atoms with Crippen LogP contribution in [-0.2, 0) is 9.47 Å². The van der Waals surface area contributed by atoms with Gasteiger partial charge in [-0.25, -0.2) is 0 Å². The monoisotopic (exact) mass is 236 g/mol. The van der Waals surface area contributed by atoms with Crippen LogP contribution in [0.25, 0.3) is 0 Å². The average molecular weight is 236 g/mol. The van der Waals surface area contributed by atoms with Gasteiger partial charge in [0.1, 0.15) is 6.10 Å². The fourth-order valence-electron chi connectivity index (χ4n) is 1.99. The molecule has 1 saturated heterocycles. The lowest BCUT2D eigenvalue weighted by atomic mass is 10.0. The van der Waals surface area contributed by atoms with Crippen molar-refractivity contribution in [2.24, 2.45) is 0 Å². The molecule has 0 bridgehead atoms. The van der Waals surface area contributed by atoms with Gasteiger partial charge >= 0.3 is 0 Å². The van der Waals surface area contributed by atoms with Crippen LogP contribution in [0, 0.1) is 17.0 Å². The van der Waals surface area contributed by atoms with E-state index in [-0.39, 0.29) is 5.69 Å². The molecular weight excluding hydrogens is 222 g/mol. The van der Waals surface area contributed by atoms with Gasteiger partial charge in [-0.05, 0) is 26.8 Å². The molecule has 0 saturated carbocycles. The molecule has 0 amide bonds. The molecular formula is C12H14NO4. The second-order valence-electron chi connectivity index (χ2n) is 4.41. The van der Waals surface area contributed by atoms with E-state index in [0.29, 0.717) is 5.56 Å². The Morgan fingerprint density at radius 1 is 1.35 bits per heavy atom. The molecule has 0 N–H and O–H groups in total. The molecule has 1 aromatic carbocycles. The number of ether oxygens (including phenoxy) is 2. The van der Waals surface area contributed by atoms with Crippen LogP contribution < -0.4 is 0 Å². The first-order chi connectivity index (χ1) is 7.91. The fourth-order valence-corrected chi connectivity index (χ4v) is 1.99. The van der Waals surface area contributed by atoms with Crippen molar-refractivity contribution >= 4 is 5.69 Å². The summed E-state index contributed by atoms with van der Waals surface area (Å²) in [6, 6.07) is 6.49. The summed E-state index contributed by atoms with van der Waals surface area (Å²) >= 11 is 0. The zero-order valence-corrected chi connectivity index (χ0v) is 9.75. The largest absolute Gasteiger partial charge is 0.344 e. The lowest BCUT2D eigenvalue weighted by molar-refractivity contribution is -0.386. The highest BCUT2D eigenvalue weighted by Gasteiger charge is 2.41. The van der Waals surface area contributed by atoms with Gasteiger partial charge in [-0.2, -0.15) is 0 Å². The molecule has 2 atom stereocenters. The molecule has 0 spiro atoms. The van der Waals surface area contributed by atoms with Crippen LogP contribution in [0.3, 0.4) is 0 Å². The smallest absolute Gasteiger partial charge is 0.275 e. The molecule has 5 nitrogen and oxygen atoms in total. The first-order valence-corrected chi connectivity index (χ1v) is 5.33. The molecule has 2 rings (SSSR count). The summed E-state index contributed by atoms with van der Waals surface area (Å²) in [5.74, 6) is -0.763. The van der Waals surface area contributed by atoms with Crippen molar-refractivity contribution in [1.82, 2.24) is 0 Å². The molecule has 1 heterocycles. The Morgan fingerprint density at radius 2 is 2.00 bits per heavy atom. The lowest BCUT2D eigenvalue weighted by Crippen LogP contribution is -2.20. The summed E-state index contributed by atoms with van der Waals surface area (Å²) in [6.07, 6.45) is -0.960. The van der Waals surface area contributed by atoms with Crippen molar-refractivity contribution in [1.29, 1.82) is 0 Å². The van der Waals surface area contributed by atoms with Crippen LogP contribution in [-0.4, -0.2) is 16.8 Å². The molecule has 0 aliphatic carbocycles. The number of para-hydroxylation sites is 1. The van der Waals surface area contributed by atoms with Crippen molar-refractivity contribution in [3.8, 4) is 0 Å². The number of benzene rings is 1. The molecule has 17 heavy (non-hydrogen) atoms. The molecule has 1 aliphatic heterocycles. The van der Waals surface area contributed by atoms with Crippen molar-refractivity contribution < 1.29 is 14.4 Å². The van der Waals surface area contributed by atoms with E-state index in [0.717, 1.165) is 0 Å². The fraction of sp³-hybridized carbons (Fsp3) is 0.417. The Hall–Kier alpha value is -1.46. The Labute approximate surface area is 99.5 Å². The van der Waals surface area contributed by atoms with Gasteiger partial charge in [0.25, 0.3) is 5.69 Å². The SMILES string of the molecule is [CH2][C@@H]1OC(C)(C)O[C@H]1c1ccccc1[N+](=O)[O-]. The Bertz CT molecular complexity index is 444. The van der Waals surface area contributed by atoms with Gasteiger partial charge in [-0.3, -0.25) is 10.1 Å². The van der Waals surface area contributed by atoms with Crippen molar-refractivity contribution in [2.75, 3.05) is 0 Å². The second-order valence-corrected chi connectivity index (χ2v) is 4.41. The van der Waals surface area contributed by atoms with Gasteiger partial charge in [-0.1, -0.05) is 12.1 Å². The van der Waals surface area contributed by atoms with E-state index in [2.05, 4.69) is 6.92 Å². The van der Waals surface area contributed by atoms with Crippen molar-refractivity contribution in [3.63, 3.8) is 0 Å². The highest BCUT2D eigenvalue weighted by molar-refractivity contribution is 5.42. The van der Waals surface area contributed by atoms with E-state index in [1.165, 1.54) is 6.07 Å². The van der Waals surface area contributed by atoms with Crippen LogP contribution >= 0.6 is 0 Å². The Kier molecular flexibility index (Phi) is 2.89. The molecule has 0 aromatic heterocycles. The van der Waals surface area contributed by atoms with Crippen molar-refractivity contribution in [3.05, 3.63) is 46.9 Å². The Balaban J connectivity index is 2.38. The lowest BCUT2D eigenvalue weighted by Gasteiger charge is -2.16. The topological polar surface area (TPSA) is 61.6 Å². The average Bonchev–Trinajstić information content (AvgIpc) is 2.52. The number of nitro groups is 1. The van der Waals surface area contributed by atoms with Crippen LogP contribution in [0.15, 0.2) is 24.3 Å². The molecule has 5 heteroatoms. The zero-order valence-electron chi connectivity index (χ0n) is 9.75. The van der Waals surface area contributed by atoms with E-state index in [1.807, 2.05) is 0 Å². The third-order valence-electron chi connectivity index (χ3n) is 2.62. The number of rotatable bonds is 2. The standard InChI is InChI=1S/C12H14NO4/c1-8-11(17-12(2,3)16-8)9-6-4-5-7-10(9)13(14)15/h4-8,11H,1H2,2-3H3/t8-,11+/m0/s1. The van der Waals surface area contributed by atoms with E-state index in [1.54, 1.807) is 32.0 Å². The van der Waals surface area contributed by atoms with E-state index >= 15 is 0 Å². The van der Waals surface area contributed by atoms with Gasteiger partial charge in [0.15, 0.2) is 5.79 Å². The van der Waals surface area contributed by atoms with Gasteiger partial charge in [0, 0.05) is 6.07 Å². The van der Waals surface area contributed by atoms with Crippen LogP contribution in [0.2, 0.25) is 0 Å². The number of nitro benzene ring substituents is 1. The molecule has 1 fully saturated rings. The van der Waals surface area contributed by atoms with Gasteiger partial charge in [-0.15, -0.1) is 0 Å². The van der Waals surface area contributed by atoms with Crippen LogP contribution in [0.1, 0.15) is 25.5 Å². The quantitative estimate of drug-likeness (QED) is 0.585. The number of hydrogen-bond acceptors (Lipinski definition) is 4. The number of nitrogens with zero attached hydrogens (tertiary/aromatic N) is 1. The van der Waals surface area contributed by atoms with E-state index < -0.39 is 22.9 Å². The Morgan fingerprint density at radius 3 is 2.53 bits per heavy atom. The van der Waals surface area contributed by atoms with Crippen LogP contribution in [0.5, 0.6) is 0 Å². The van der Waals surface area contributed by atoms with E-state index in [9.17, 15) is 10.1 Å². The molecule has 1 aromatic rings. The summed E-state index contributed by atoms with van der Waals surface area (Å²) in [5.41, 5.74) is 0.538. The minimum absolute atomic E-state index is 0.0347. The summed E-state index contributed by atoms with van der Waals surface area (Å²) in [7, 11) is 0. The molecule has 91 valence electrons.